The first-order valence-corrected chi connectivity index (χ1v) is 7.24. The molecule has 0 bridgehead atoms. The Morgan fingerprint density at radius 1 is 1.05 bits per heavy atom. The van der Waals surface area contributed by atoms with Crippen molar-refractivity contribution in [2.75, 3.05) is 0 Å². The van der Waals surface area contributed by atoms with E-state index >= 15 is 0 Å². The van der Waals surface area contributed by atoms with E-state index < -0.39 is 0 Å². The molecule has 1 aromatic rings. The van der Waals surface area contributed by atoms with Crippen LogP contribution >= 0.6 is 0 Å². The lowest BCUT2D eigenvalue weighted by atomic mass is 9.78. The van der Waals surface area contributed by atoms with E-state index in [9.17, 15) is 4.79 Å². The molecule has 1 aromatic heterocycles. The molecule has 0 radical (unpaired) electrons. The van der Waals surface area contributed by atoms with Gasteiger partial charge in [-0.3, -0.25) is 4.79 Å². The van der Waals surface area contributed by atoms with E-state index in [0.717, 1.165) is 36.1 Å². The van der Waals surface area contributed by atoms with Gasteiger partial charge < -0.3 is 4.42 Å². The molecule has 0 N–H and O–H groups in total. The van der Waals surface area contributed by atoms with E-state index in [0.29, 0.717) is 0 Å². The summed E-state index contributed by atoms with van der Waals surface area (Å²) in [7, 11) is 0. The molecule has 0 aliphatic carbocycles. The van der Waals surface area contributed by atoms with Crippen molar-refractivity contribution >= 4 is 0 Å². The number of aryl methyl sites for hydroxylation is 1. The van der Waals surface area contributed by atoms with Gasteiger partial charge in [0.1, 0.15) is 5.76 Å². The molecule has 108 valence electrons. The van der Waals surface area contributed by atoms with Crippen LogP contribution in [0.4, 0.5) is 0 Å². The van der Waals surface area contributed by atoms with Crippen LogP contribution in [0, 0.1) is 0 Å². The van der Waals surface area contributed by atoms with Gasteiger partial charge in [0.05, 0.1) is 6.26 Å². The molecule has 0 unspecified atom stereocenters. The number of rotatable bonds is 3. The molecular formula is C17H28O2. The zero-order valence-electron chi connectivity index (χ0n) is 13.5. The fourth-order valence-corrected chi connectivity index (χ4v) is 2.28. The summed E-state index contributed by atoms with van der Waals surface area (Å²) in [5.74, 6) is 0.824. The van der Waals surface area contributed by atoms with Gasteiger partial charge in [-0.25, -0.2) is 0 Å². The molecular weight excluding hydrogens is 236 g/mol. The Morgan fingerprint density at radius 2 is 1.63 bits per heavy atom. The molecule has 0 aromatic carbocycles. The molecule has 19 heavy (non-hydrogen) atoms. The van der Waals surface area contributed by atoms with Gasteiger partial charge in [-0.1, -0.05) is 54.9 Å². The standard InChI is InChI=1S/C17H28O2/c1-8-9-10-12-11-19-15(17(5,6)7)13(14(12)18)16(2,3)4/h11H,8-10H2,1-7H3. The maximum Gasteiger partial charge on any atom is 0.192 e. The van der Waals surface area contributed by atoms with Crippen molar-refractivity contribution in [3.05, 3.63) is 33.4 Å². The predicted molar refractivity (Wildman–Crippen MR) is 81.0 cm³/mol. The van der Waals surface area contributed by atoms with Crippen molar-refractivity contribution in [1.82, 2.24) is 0 Å². The SMILES string of the molecule is CCCCc1coc(C(C)(C)C)c(C(C)(C)C)c1=O. The van der Waals surface area contributed by atoms with E-state index in [1.165, 1.54) is 0 Å². The predicted octanol–water partition coefficient (Wildman–Crippen LogP) is 4.58. The summed E-state index contributed by atoms with van der Waals surface area (Å²) in [4.78, 5) is 12.7. The number of hydrogen-bond acceptors (Lipinski definition) is 2. The Morgan fingerprint density at radius 3 is 2.05 bits per heavy atom. The molecule has 1 rings (SSSR count). The Labute approximate surface area is 117 Å². The van der Waals surface area contributed by atoms with E-state index in [2.05, 4.69) is 48.5 Å². The van der Waals surface area contributed by atoms with Crippen LogP contribution in [0.25, 0.3) is 0 Å². The second kappa shape index (κ2) is 5.52. The van der Waals surface area contributed by atoms with Gasteiger partial charge in [-0.15, -0.1) is 0 Å². The van der Waals surface area contributed by atoms with Crippen molar-refractivity contribution in [2.45, 2.75) is 78.6 Å². The highest BCUT2D eigenvalue weighted by Crippen LogP contribution is 2.32. The molecule has 1 heterocycles. The minimum atomic E-state index is -0.189. The first-order valence-electron chi connectivity index (χ1n) is 7.24. The Balaban J connectivity index is 3.47. The Bertz CT molecular complexity index is 481. The van der Waals surface area contributed by atoms with Crippen molar-refractivity contribution in [1.29, 1.82) is 0 Å². The van der Waals surface area contributed by atoms with Crippen molar-refractivity contribution in [2.24, 2.45) is 0 Å². The Hall–Kier alpha value is -1.05. The molecule has 0 atom stereocenters. The maximum atomic E-state index is 12.7. The topological polar surface area (TPSA) is 30.2 Å². The summed E-state index contributed by atoms with van der Waals surface area (Å²) in [5.41, 5.74) is 1.50. The number of hydrogen-bond donors (Lipinski definition) is 0. The second-order valence-corrected chi connectivity index (χ2v) is 7.40. The average molecular weight is 264 g/mol. The molecule has 2 nitrogen and oxygen atoms in total. The largest absolute Gasteiger partial charge is 0.468 e. The summed E-state index contributed by atoms with van der Waals surface area (Å²) in [6.07, 6.45) is 4.61. The molecule has 2 heteroatoms. The summed E-state index contributed by atoms with van der Waals surface area (Å²) < 4.78 is 5.86. The van der Waals surface area contributed by atoms with Crippen LogP contribution < -0.4 is 5.43 Å². The first kappa shape index (κ1) is 16.0. The molecule has 0 fully saturated rings. The smallest absolute Gasteiger partial charge is 0.192 e. The van der Waals surface area contributed by atoms with E-state index in [-0.39, 0.29) is 16.3 Å². The van der Waals surface area contributed by atoms with Crippen LogP contribution in [0.3, 0.4) is 0 Å². The lowest BCUT2D eigenvalue weighted by Gasteiger charge is -2.27. The minimum absolute atomic E-state index is 0.148. The molecule has 0 spiro atoms. The van der Waals surface area contributed by atoms with E-state index in [1.54, 1.807) is 6.26 Å². The second-order valence-electron chi connectivity index (χ2n) is 7.40. The lowest BCUT2D eigenvalue weighted by Crippen LogP contribution is -2.31. The monoisotopic (exact) mass is 264 g/mol. The average Bonchev–Trinajstić information content (AvgIpc) is 2.24. The third-order valence-electron chi connectivity index (χ3n) is 3.30. The summed E-state index contributed by atoms with van der Waals surface area (Å²) >= 11 is 0. The molecule has 0 saturated heterocycles. The highest BCUT2D eigenvalue weighted by molar-refractivity contribution is 5.33. The van der Waals surface area contributed by atoms with Crippen LogP contribution in [-0.4, -0.2) is 0 Å². The van der Waals surface area contributed by atoms with E-state index in [4.69, 9.17) is 4.42 Å². The van der Waals surface area contributed by atoms with Gasteiger partial charge in [0.2, 0.25) is 0 Å². The van der Waals surface area contributed by atoms with Crippen molar-refractivity contribution in [3.8, 4) is 0 Å². The van der Waals surface area contributed by atoms with Crippen molar-refractivity contribution in [3.63, 3.8) is 0 Å². The zero-order chi connectivity index (χ0) is 14.8. The van der Waals surface area contributed by atoms with Crippen LogP contribution in [-0.2, 0) is 17.3 Å². The first-order chi connectivity index (χ1) is 8.59. The quantitative estimate of drug-likeness (QED) is 0.800. The van der Waals surface area contributed by atoms with Gasteiger partial charge in [-0.2, -0.15) is 0 Å². The highest BCUT2D eigenvalue weighted by Gasteiger charge is 2.31. The highest BCUT2D eigenvalue weighted by atomic mass is 16.3. The molecule has 0 aliphatic rings. The van der Waals surface area contributed by atoms with Crippen LogP contribution in [0.15, 0.2) is 15.5 Å². The van der Waals surface area contributed by atoms with Gasteiger partial charge in [0.25, 0.3) is 0 Å². The molecule has 0 aliphatic heterocycles. The fourth-order valence-electron chi connectivity index (χ4n) is 2.28. The van der Waals surface area contributed by atoms with Gasteiger partial charge in [-0.05, 0) is 18.3 Å². The third kappa shape index (κ3) is 3.71. The lowest BCUT2D eigenvalue weighted by molar-refractivity contribution is 0.367. The molecule has 0 saturated carbocycles. The zero-order valence-corrected chi connectivity index (χ0v) is 13.5. The Kier molecular flexibility index (Phi) is 4.65. The fraction of sp³-hybridized carbons (Fsp3) is 0.706. The van der Waals surface area contributed by atoms with Crippen LogP contribution in [0.2, 0.25) is 0 Å². The normalized spacial score (nSPS) is 12.8. The summed E-state index contributed by atoms with van der Waals surface area (Å²) in [5, 5.41) is 0. The summed E-state index contributed by atoms with van der Waals surface area (Å²) in [6.45, 7) is 14.6. The maximum absolute atomic E-state index is 12.7. The summed E-state index contributed by atoms with van der Waals surface area (Å²) in [6, 6.07) is 0. The third-order valence-corrected chi connectivity index (χ3v) is 3.30. The van der Waals surface area contributed by atoms with Gasteiger partial charge >= 0.3 is 0 Å². The molecule has 0 amide bonds. The van der Waals surface area contributed by atoms with Crippen molar-refractivity contribution < 1.29 is 4.42 Å². The number of unbranched alkanes of at least 4 members (excludes halogenated alkanes) is 1. The van der Waals surface area contributed by atoms with Gasteiger partial charge in [0.15, 0.2) is 5.43 Å². The van der Waals surface area contributed by atoms with Gasteiger partial charge in [0, 0.05) is 16.5 Å². The van der Waals surface area contributed by atoms with Crippen LogP contribution in [0.1, 0.15) is 78.2 Å². The minimum Gasteiger partial charge on any atom is -0.468 e. The van der Waals surface area contributed by atoms with E-state index in [1.807, 2.05) is 0 Å². The van der Waals surface area contributed by atoms with Crippen LogP contribution in [0.5, 0.6) is 0 Å².